The van der Waals surface area contributed by atoms with E-state index in [1.165, 1.54) is 25.2 Å². The average Bonchev–Trinajstić information content (AvgIpc) is 3.48. The van der Waals surface area contributed by atoms with Crippen molar-refractivity contribution in [2.75, 3.05) is 0 Å². The van der Waals surface area contributed by atoms with Crippen LogP contribution >= 0.6 is 11.3 Å². The minimum Gasteiger partial charge on any atom is -0.491 e. The molecule has 4 rings (SSSR count). The van der Waals surface area contributed by atoms with Crippen LogP contribution in [0.1, 0.15) is 65.8 Å². The Morgan fingerprint density at radius 1 is 0.612 bits per heavy atom. The van der Waals surface area contributed by atoms with E-state index >= 15 is 0 Å². The molecule has 0 aliphatic rings. The van der Waals surface area contributed by atoms with Crippen LogP contribution in [0.3, 0.4) is 0 Å². The number of ether oxygens (including phenoxy) is 4. The van der Waals surface area contributed by atoms with Crippen LogP contribution < -0.4 is 29.6 Å². The number of rotatable bonds is 14. The van der Waals surface area contributed by atoms with Crippen LogP contribution in [0.25, 0.3) is 12.2 Å². The summed E-state index contributed by atoms with van der Waals surface area (Å²) in [5.41, 5.74) is 1.05. The molecule has 4 aromatic rings. The van der Waals surface area contributed by atoms with Crippen molar-refractivity contribution >= 4 is 35.3 Å². The van der Waals surface area contributed by atoms with Crippen molar-refractivity contribution in [1.82, 2.24) is 15.6 Å². The van der Waals surface area contributed by atoms with Crippen LogP contribution in [-0.2, 0) is 9.59 Å². The van der Waals surface area contributed by atoms with Crippen LogP contribution in [0.15, 0.2) is 91.1 Å². The van der Waals surface area contributed by atoms with E-state index in [2.05, 4.69) is 15.6 Å². The van der Waals surface area contributed by atoms with Crippen molar-refractivity contribution in [3.8, 4) is 33.9 Å². The molecular formula is C39H47N3O6S. The Morgan fingerprint density at radius 2 is 1.02 bits per heavy atom. The summed E-state index contributed by atoms with van der Waals surface area (Å²) in [5, 5.41) is 6.18. The highest BCUT2D eigenvalue weighted by Gasteiger charge is 2.06. The lowest BCUT2D eigenvalue weighted by Crippen LogP contribution is -2.28. The van der Waals surface area contributed by atoms with Crippen molar-refractivity contribution in [2.45, 2.75) is 79.7 Å². The number of aromatic nitrogens is 1. The fraction of sp³-hybridized carbons (Fsp3) is 0.308. The number of nitrogens with zero attached hydrogens (tertiary/aromatic N) is 1. The minimum atomic E-state index is -0.0506. The quantitative estimate of drug-likeness (QED) is 0.136. The lowest BCUT2D eigenvalue weighted by Gasteiger charge is -2.11. The first-order chi connectivity index (χ1) is 23.3. The third-order valence-corrected chi connectivity index (χ3v) is 7.04. The van der Waals surface area contributed by atoms with Gasteiger partial charge in [0.05, 0.1) is 17.1 Å². The molecule has 1 aromatic heterocycles. The van der Waals surface area contributed by atoms with Crippen molar-refractivity contribution in [3.63, 3.8) is 0 Å². The number of hydrogen-bond donors (Lipinski definition) is 2. The molecule has 0 aliphatic heterocycles. The largest absolute Gasteiger partial charge is 0.491 e. The zero-order valence-corrected chi connectivity index (χ0v) is 30.2. The number of benzene rings is 3. The first-order valence-electron chi connectivity index (χ1n) is 16.2. The first kappa shape index (κ1) is 38.4. The Kier molecular flexibility index (Phi) is 15.4. The first-order valence-corrected chi connectivity index (χ1v) is 17.0. The minimum absolute atomic E-state index is 0.000000800. The lowest BCUT2D eigenvalue weighted by atomic mass is 10.1. The molecule has 2 atom stereocenters. The van der Waals surface area contributed by atoms with Gasteiger partial charge in [-0.15, -0.1) is 0 Å². The number of nitrogens with one attached hydrogen (secondary N) is 2. The third-order valence-electron chi connectivity index (χ3n) is 6.20. The van der Waals surface area contributed by atoms with Gasteiger partial charge in [0.15, 0.2) is 0 Å². The Bertz CT molecular complexity index is 1650. The highest BCUT2D eigenvalue weighted by atomic mass is 32.1. The van der Waals surface area contributed by atoms with E-state index in [4.69, 9.17) is 18.9 Å². The molecule has 0 saturated carbocycles. The van der Waals surface area contributed by atoms with Gasteiger partial charge < -0.3 is 29.6 Å². The molecule has 0 radical (unpaired) electrons. The monoisotopic (exact) mass is 685 g/mol. The van der Waals surface area contributed by atoms with Gasteiger partial charge in [-0.25, -0.2) is 4.98 Å². The molecule has 260 valence electrons. The van der Waals surface area contributed by atoms with Gasteiger partial charge in [-0.3, -0.25) is 9.59 Å². The number of amides is 2. The van der Waals surface area contributed by atoms with Gasteiger partial charge in [0.1, 0.15) is 28.7 Å². The van der Waals surface area contributed by atoms with Crippen LogP contribution in [-0.4, -0.2) is 41.1 Å². The summed E-state index contributed by atoms with van der Waals surface area (Å²) in [7, 11) is 0. The van der Waals surface area contributed by atoms with Gasteiger partial charge in [0.2, 0.25) is 11.8 Å². The van der Waals surface area contributed by atoms with E-state index in [1.54, 1.807) is 6.20 Å². The van der Waals surface area contributed by atoms with Crippen LogP contribution in [0, 0.1) is 0 Å². The second kappa shape index (κ2) is 19.7. The zero-order chi connectivity index (χ0) is 35.8. The van der Waals surface area contributed by atoms with Crippen LogP contribution in [0.5, 0.6) is 33.9 Å². The summed E-state index contributed by atoms with van der Waals surface area (Å²) < 4.78 is 22.8. The van der Waals surface area contributed by atoms with Gasteiger partial charge in [0, 0.05) is 32.1 Å². The molecule has 2 N–H and O–H groups in total. The van der Waals surface area contributed by atoms with E-state index in [1.807, 2.05) is 139 Å². The molecular weight excluding hydrogens is 639 g/mol. The van der Waals surface area contributed by atoms with Gasteiger partial charge in [-0.2, -0.15) is 0 Å². The lowest BCUT2D eigenvalue weighted by molar-refractivity contribution is -0.120. The summed E-state index contributed by atoms with van der Waals surface area (Å²) in [5.74, 6) is 3.80. The number of hydrogen-bond acceptors (Lipinski definition) is 8. The van der Waals surface area contributed by atoms with Crippen LogP contribution in [0.4, 0.5) is 0 Å². The molecule has 2 unspecified atom stereocenters. The Labute approximate surface area is 294 Å². The number of carbonyl (C=O) groups excluding carboxylic acids is 2. The number of thiazole rings is 1. The van der Waals surface area contributed by atoms with Crippen molar-refractivity contribution in [1.29, 1.82) is 0 Å². The molecule has 0 bridgehead atoms. The maximum absolute atomic E-state index is 11.0. The van der Waals surface area contributed by atoms with Crippen LogP contribution in [0.2, 0.25) is 0 Å². The maximum atomic E-state index is 11.0. The predicted molar refractivity (Wildman–Crippen MR) is 198 cm³/mol. The molecule has 0 fully saturated rings. The second-order valence-corrected chi connectivity index (χ2v) is 12.8. The van der Waals surface area contributed by atoms with Gasteiger partial charge in [0.25, 0.3) is 5.19 Å². The molecule has 1 heterocycles. The topological polar surface area (TPSA) is 108 Å². The Hall–Kier alpha value is -5.09. The van der Waals surface area contributed by atoms with Gasteiger partial charge >= 0.3 is 0 Å². The number of carbonyl (C=O) groups is 2. The van der Waals surface area contributed by atoms with E-state index in [0.717, 1.165) is 33.4 Å². The van der Waals surface area contributed by atoms with E-state index in [9.17, 15) is 9.59 Å². The molecule has 9 nitrogen and oxygen atoms in total. The average molecular weight is 686 g/mol. The molecule has 0 aliphatic carbocycles. The van der Waals surface area contributed by atoms with Crippen molar-refractivity contribution in [3.05, 3.63) is 102 Å². The summed E-state index contributed by atoms with van der Waals surface area (Å²) in [6, 6.07) is 22.8. The molecule has 3 aromatic carbocycles. The summed E-state index contributed by atoms with van der Waals surface area (Å²) in [6.07, 6.45) is 9.80. The molecule has 49 heavy (non-hydrogen) atoms. The predicted octanol–water partition coefficient (Wildman–Crippen LogP) is 9.06. The maximum Gasteiger partial charge on any atom is 0.279 e. The smallest absolute Gasteiger partial charge is 0.279 e. The molecule has 10 heteroatoms. The molecule has 2 amide bonds. The Balaban J connectivity index is 0.000000266. The van der Waals surface area contributed by atoms with Crippen molar-refractivity contribution < 1.29 is 28.5 Å². The van der Waals surface area contributed by atoms with E-state index < -0.39 is 0 Å². The van der Waals surface area contributed by atoms with E-state index in [-0.39, 0.29) is 36.1 Å². The molecule has 0 saturated heterocycles. The summed E-state index contributed by atoms with van der Waals surface area (Å²) in [6.45, 7) is 14.8. The fourth-order valence-electron chi connectivity index (χ4n) is 4.23. The van der Waals surface area contributed by atoms with Gasteiger partial charge in [-0.1, -0.05) is 41.7 Å². The highest BCUT2D eigenvalue weighted by molar-refractivity contribution is 7.14. The van der Waals surface area contributed by atoms with Crippen molar-refractivity contribution in [2.24, 2.45) is 0 Å². The SMILES string of the molecule is CC(=O)NC(C)/C=C/c1cnc(Oc2ccc(OC(C)C)cc2)s1.CC(=O)NC(C)/C=C\c1ccc(Oc2ccc(OC(C)C)cc2)cc1. The normalized spacial score (nSPS) is 12.3. The van der Waals surface area contributed by atoms with E-state index in [0.29, 0.717) is 10.9 Å². The highest BCUT2D eigenvalue weighted by Crippen LogP contribution is 2.29. The summed E-state index contributed by atoms with van der Waals surface area (Å²) in [4.78, 5) is 27.2. The van der Waals surface area contributed by atoms with Gasteiger partial charge in [-0.05, 0) is 114 Å². The summed E-state index contributed by atoms with van der Waals surface area (Å²) >= 11 is 1.44. The molecule has 0 spiro atoms. The fourth-order valence-corrected chi connectivity index (χ4v) is 4.92. The third kappa shape index (κ3) is 15.6. The standard InChI is InChI=1S/C21H25NO3.C18H22N2O3S/c1-15(2)24-19-11-13-21(14-12-19)25-20-9-7-18(8-10-20)6-5-16(3)22-17(4)23;1-12(2)22-15-6-8-16(9-7-15)23-18-19-11-17(24-18)10-5-13(3)20-14(4)21/h5-16H,1-4H3,(H,22,23);5-13H,1-4H3,(H,20,21)/b6-5-;10-5+. The Morgan fingerprint density at radius 3 is 1.47 bits per heavy atom. The second-order valence-electron chi connectivity index (χ2n) is 11.8. The zero-order valence-electron chi connectivity index (χ0n) is 29.4.